The van der Waals surface area contributed by atoms with E-state index in [0.29, 0.717) is 23.9 Å². The van der Waals surface area contributed by atoms with Crippen LogP contribution in [-0.2, 0) is 13.6 Å². The summed E-state index contributed by atoms with van der Waals surface area (Å²) in [4.78, 5) is 4.32. The summed E-state index contributed by atoms with van der Waals surface area (Å²) in [6.07, 6.45) is 3.45. The van der Waals surface area contributed by atoms with Crippen LogP contribution >= 0.6 is 0 Å². The van der Waals surface area contributed by atoms with Gasteiger partial charge >= 0.3 is 0 Å². The van der Waals surface area contributed by atoms with Crippen molar-refractivity contribution in [2.75, 3.05) is 12.4 Å². The molecule has 2 aromatic heterocycles. The number of methoxy groups -OCH3 is 1. The van der Waals surface area contributed by atoms with Gasteiger partial charge in [0.1, 0.15) is 0 Å². The van der Waals surface area contributed by atoms with Gasteiger partial charge in [-0.1, -0.05) is 11.3 Å². The minimum atomic E-state index is 0.505. The molecule has 3 aromatic rings. The van der Waals surface area contributed by atoms with Gasteiger partial charge in [0.05, 0.1) is 37.4 Å². The molecule has 2 heterocycles. The van der Waals surface area contributed by atoms with E-state index in [9.17, 15) is 0 Å². The lowest BCUT2D eigenvalue weighted by Crippen LogP contribution is -2.05. The minimum Gasteiger partial charge on any atom is -0.493 e. The van der Waals surface area contributed by atoms with Crippen LogP contribution < -0.4 is 14.8 Å². The van der Waals surface area contributed by atoms with Gasteiger partial charge < -0.3 is 14.8 Å². The first-order valence-electron chi connectivity index (χ1n) is 7.51. The molecule has 3 rings (SSSR count). The van der Waals surface area contributed by atoms with Crippen LogP contribution in [0.4, 0.5) is 5.69 Å². The fourth-order valence-corrected chi connectivity index (χ4v) is 2.18. The van der Waals surface area contributed by atoms with Crippen LogP contribution in [0.5, 0.6) is 17.4 Å². The fraction of sp³-hybridized carbons (Fsp3) is 0.235. The largest absolute Gasteiger partial charge is 0.493 e. The third-order valence-electron chi connectivity index (χ3n) is 3.55. The second kappa shape index (κ2) is 6.99. The van der Waals surface area contributed by atoms with Crippen LogP contribution in [0.1, 0.15) is 11.3 Å². The summed E-state index contributed by atoms with van der Waals surface area (Å²) >= 11 is 0. The second-order valence-electron chi connectivity index (χ2n) is 5.34. The van der Waals surface area contributed by atoms with Gasteiger partial charge in [-0.3, -0.25) is 4.68 Å². The van der Waals surface area contributed by atoms with Gasteiger partial charge in [-0.15, -0.1) is 5.10 Å². The van der Waals surface area contributed by atoms with E-state index in [1.165, 1.54) is 0 Å². The molecule has 0 aliphatic rings. The summed E-state index contributed by atoms with van der Waals surface area (Å²) in [5, 5.41) is 11.0. The van der Waals surface area contributed by atoms with Gasteiger partial charge in [0, 0.05) is 13.1 Å². The number of aryl methyl sites for hydroxylation is 2. The number of rotatable bonds is 6. The number of anilines is 1. The van der Waals surface area contributed by atoms with Gasteiger partial charge in [0.2, 0.25) is 5.88 Å². The maximum Gasteiger partial charge on any atom is 0.219 e. The highest BCUT2D eigenvalue weighted by molar-refractivity contribution is 5.46. The molecule has 0 spiro atoms. The summed E-state index contributed by atoms with van der Waals surface area (Å²) in [5.41, 5.74) is 2.98. The third kappa shape index (κ3) is 3.62. The average Bonchev–Trinajstić information content (AvgIpc) is 3.01. The zero-order valence-electron chi connectivity index (χ0n) is 13.9. The van der Waals surface area contributed by atoms with Crippen LogP contribution in [0.15, 0.2) is 42.7 Å². The van der Waals surface area contributed by atoms with Crippen molar-refractivity contribution in [1.29, 1.82) is 0 Å². The molecule has 0 radical (unpaired) electrons. The Kier molecular flexibility index (Phi) is 4.60. The molecule has 1 N–H and O–H groups in total. The predicted molar refractivity (Wildman–Crippen MR) is 90.4 cm³/mol. The number of pyridine rings is 1. The van der Waals surface area contributed by atoms with E-state index in [1.54, 1.807) is 24.2 Å². The highest BCUT2D eigenvalue weighted by atomic mass is 16.5. The molecule has 1 aromatic carbocycles. The topological polar surface area (TPSA) is 74.1 Å². The minimum absolute atomic E-state index is 0.505. The molecule has 24 heavy (non-hydrogen) atoms. The highest BCUT2D eigenvalue weighted by Gasteiger charge is 2.07. The smallest absolute Gasteiger partial charge is 0.219 e. The van der Waals surface area contributed by atoms with E-state index < -0.39 is 0 Å². The number of nitrogens with zero attached hydrogens (tertiary/aromatic N) is 4. The van der Waals surface area contributed by atoms with E-state index in [4.69, 9.17) is 9.47 Å². The molecule has 0 amide bonds. The van der Waals surface area contributed by atoms with Crippen molar-refractivity contribution in [3.8, 4) is 17.4 Å². The van der Waals surface area contributed by atoms with Crippen LogP contribution in [0.3, 0.4) is 0 Å². The lowest BCUT2D eigenvalue weighted by atomic mass is 10.2. The SMILES string of the molecule is COc1cc(C)ccc1Oc1ccc(NCc2cnnn2C)cn1. The lowest BCUT2D eigenvalue weighted by molar-refractivity contribution is 0.374. The third-order valence-corrected chi connectivity index (χ3v) is 3.55. The number of aromatic nitrogens is 4. The van der Waals surface area contributed by atoms with Crippen molar-refractivity contribution in [2.24, 2.45) is 7.05 Å². The zero-order chi connectivity index (χ0) is 16.9. The van der Waals surface area contributed by atoms with Crippen molar-refractivity contribution in [1.82, 2.24) is 20.0 Å². The van der Waals surface area contributed by atoms with Gasteiger partial charge in [0.25, 0.3) is 0 Å². The molecule has 0 unspecified atom stereocenters. The Bertz CT molecular complexity index is 814. The monoisotopic (exact) mass is 325 g/mol. The molecule has 0 bridgehead atoms. The Morgan fingerprint density at radius 3 is 2.67 bits per heavy atom. The number of hydrogen-bond acceptors (Lipinski definition) is 6. The number of benzene rings is 1. The Balaban J connectivity index is 1.65. The second-order valence-corrected chi connectivity index (χ2v) is 5.34. The molecule has 0 saturated carbocycles. The summed E-state index contributed by atoms with van der Waals surface area (Å²) < 4.78 is 12.8. The Labute approximate surface area is 140 Å². The molecular formula is C17H19N5O2. The Hall–Kier alpha value is -3.09. The maximum atomic E-state index is 5.79. The summed E-state index contributed by atoms with van der Waals surface area (Å²) in [6, 6.07) is 9.48. The van der Waals surface area contributed by atoms with Crippen LogP contribution in [0.25, 0.3) is 0 Å². The van der Waals surface area contributed by atoms with E-state index in [1.807, 2.05) is 44.3 Å². The van der Waals surface area contributed by atoms with Crippen molar-refractivity contribution in [3.63, 3.8) is 0 Å². The quantitative estimate of drug-likeness (QED) is 0.751. The Morgan fingerprint density at radius 1 is 1.12 bits per heavy atom. The molecular weight excluding hydrogens is 306 g/mol. The van der Waals surface area contributed by atoms with Gasteiger partial charge in [-0.2, -0.15) is 0 Å². The van der Waals surface area contributed by atoms with Gasteiger partial charge in [-0.05, 0) is 30.7 Å². The van der Waals surface area contributed by atoms with E-state index in [0.717, 1.165) is 16.9 Å². The molecule has 7 nitrogen and oxygen atoms in total. The number of ether oxygens (including phenoxy) is 2. The van der Waals surface area contributed by atoms with E-state index in [2.05, 4.69) is 20.6 Å². The van der Waals surface area contributed by atoms with Gasteiger partial charge in [-0.25, -0.2) is 4.98 Å². The van der Waals surface area contributed by atoms with Crippen LogP contribution in [0, 0.1) is 6.92 Å². The molecule has 0 atom stereocenters. The van der Waals surface area contributed by atoms with Crippen molar-refractivity contribution in [3.05, 3.63) is 54.0 Å². The average molecular weight is 325 g/mol. The molecule has 7 heteroatoms. The highest BCUT2D eigenvalue weighted by Crippen LogP contribution is 2.31. The molecule has 0 saturated heterocycles. The molecule has 0 aliphatic heterocycles. The number of hydrogen-bond donors (Lipinski definition) is 1. The standard InChI is InChI=1S/C17H19N5O2/c1-12-4-6-15(16(8-12)23-3)24-17-7-5-13(9-19-17)18-10-14-11-20-21-22(14)2/h4-9,11,18H,10H2,1-3H3. The normalized spacial score (nSPS) is 10.5. The van der Waals surface area contributed by atoms with E-state index >= 15 is 0 Å². The first-order valence-corrected chi connectivity index (χ1v) is 7.51. The van der Waals surface area contributed by atoms with Crippen LogP contribution in [0.2, 0.25) is 0 Å². The zero-order valence-corrected chi connectivity index (χ0v) is 13.9. The van der Waals surface area contributed by atoms with E-state index in [-0.39, 0.29) is 0 Å². The maximum absolute atomic E-state index is 5.79. The predicted octanol–water partition coefficient (Wildman–Crippen LogP) is 2.93. The summed E-state index contributed by atoms with van der Waals surface area (Å²) in [6.45, 7) is 2.62. The van der Waals surface area contributed by atoms with Crippen LogP contribution in [-0.4, -0.2) is 27.1 Å². The van der Waals surface area contributed by atoms with Crippen molar-refractivity contribution in [2.45, 2.75) is 13.5 Å². The first-order chi connectivity index (χ1) is 11.7. The molecule has 0 fully saturated rings. The lowest BCUT2D eigenvalue weighted by Gasteiger charge is -2.11. The fourth-order valence-electron chi connectivity index (χ4n) is 2.18. The van der Waals surface area contributed by atoms with Crippen molar-refractivity contribution >= 4 is 5.69 Å². The summed E-state index contributed by atoms with van der Waals surface area (Å²) in [5.74, 6) is 1.82. The van der Waals surface area contributed by atoms with Gasteiger partial charge in [0.15, 0.2) is 11.5 Å². The number of nitrogens with one attached hydrogen (secondary N) is 1. The molecule has 124 valence electrons. The first kappa shape index (κ1) is 15.8. The Morgan fingerprint density at radius 2 is 2.00 bits per heavy atom. The van der Waals surface area contributed by atoms with Crippen molar-refractivity contribution < 1.29 is 9.47 Å². The summed E-state index contributed by atoms with van der Waals surface area (Å²) in [7, 11) is 3.48. The molecule has 0 aliphatic carbocycles.